The van der Waals surface area contributed by atoms with E-state index in [0.29, 0.717) is 0 Å². The number of H-pyrrole nitrogens is 2. The van der Waals surface area contributed by atoms with Gasteiger partial charge in [-0.25, -0.2) is 17.9 Å². The van der Waals surface area contributed by atoms with Crippen molar-refractivity contribution in [3.05, 3.63) is 87.1 Å². The zero-order valence-electron chi connectivity index (χ0n) is 14.9. The number of benzene rings is 3. The second kappa shape index (κ2) is 6.74. The normalized spacial score (nSPS) is 13.0. The van der Waals surface area contributed by atoms with Gasteiger partial charge < -0.3 is 4.98 Å². The Morgan fingerprint density at radius 2 is 1.64 bits per heavy atom. The van der Waals surface area contributed by atoms with Crippen LogP contribution in [0.1, 0.15) is 18.5 Å². The molecule has 1 heterocycles. The predicted molar refractivity (Wildman–Crippen MR) is 108 cm³/mol. The third-order valence-electron chi connectivity index (χ3n) is 4.64. The molecule has 1 atom stereocenters. The molecule has 0 aliphatic carbocycles. The molecular weight excluding hydrogens is 378 g/mol. The van der Waals surface area contributed by atoms with Gasteiger partial charge in [-0.3, -0.25) is 9.78 Å². The summed E-state index contributed by atoms with van der Waals surface area (Å²) in [5.41, 5.74) is -0.159. The van der Waals surface area contributed by atoms with Crippen LogP contribution in [0.25, 0.3) is 21.7 Å². The van der Waals surface area contributed by atoms with E-state index in [0.717, 1.165) is 16.3 Å². The SMILES string of the molecule is CC(NS(=O)(=O)c1ccc2[nH]c(=O)[nH]c(=O)c2c1)c1cccc2ccccc12. The summed E-state index contributed by atoms with van der Waals surface area (Å²) >= 11 is 0. The van der Waals surface area contributed by atoms with Gasteiger partial charge in [-0.2, -0.15) is 0 Å². The summed E-state index contributed by atoms with van der Waals surface area (Å²) in [5, 5.41) is 2.08. The van der Waals surface area contributed by atoms with Crippen LogP contribution in [0.5, 0.6) is 0 Å². The predicted octanol–water partition coefficient (Wildman–Crippen LogP) is 2.41. The van der Waals surface area contributed by atoms with Crippen LogP contribution in [0.15, 0.2) is 75.1 Å². The second-order valence-corrected chi connectivity index (χ2v) is 8.24. The van der Waals surface area contributed by atoms with E-state index in [1.807, 2.05) is 42.5 Å². The number of rotatable bonds is 4. The highest BCUT2D eigenvalue weighted by atomic mass is 32.2. The molecule has 4 aromatic rings. The molecule has 0 saturated carbocycles. The minimum atomic E-state index is -3.89. The van der Waals surface area contributed by atoms with Gasteiger partial charge in [0.15, 0.2) is 0 Å². The lowest BCUT2D eigenvalue weighted by molar-refractivity contribution is 0.568. The van der Waals surface area contributed by atoms with Crippen molar-refractivity contribution in [1.29, 1.82) is 0 Å². The number of hydrogen-bond acceptors (Lipinski definition) is 4. The Bertz CT molecular complexity index is 1420. The largest absolute Gasteiger partial charge is 0.326 e. The molecule has 7 nitrogen and oxygen atoms in total. The molecule has 4 rings (SSSR count). The highest BCUT2D eigenvalue weighted by Crippen LogP contribution is 2.25. The summed E-state index contributed by atoms with van der Waals surface area (Å²) in [6.07, 6.45) is 0. The molecule has 1 unspecified atom stereocenters. The van der Waals surface area contributed by atoms with Gasteiger partial charge in [0.25, 0.3) is 5.56 Å². The van der Waals surface area contributed by atoms with Gasteiger partial charge in [-0.05, 0) is 41.5 Å². The molecule has 0 spiro atoms. The standard InChI is InChI=1S/C20H17N3O4S/c1-12(15-8-4-6-13-5-2-3-7-16(13)15)23-28(26,27)14-9-10-18-17(11-14)19(24)22-20(25)21-18/h2-12,23H,1H3,(H2,21,22,24,25). The van der Waals surface area contributed by atoms with Crippen molar-refractivity contribution < 1.29 is 8.42 Å². The van der Waals surface area contributed by atoms with Crippen molar-refractivity contribution in [1.82, 2.24) is 14.7 Å². The Hall–Kier alpha value is -3.23. The Labute approximate surface area is 160 Å². The van der Waals surface area contributed by atoms with E-state index < -0.39 is 27.3 Å². The average Bonchev–Trinajstić information content (AvgIpc) is 2.66. The molecule has 0 fully saturated rings. The topological polar surface area (TPSA) is 112 Å². The first-order valence-electron chi connectivity index (χ1n) is 8.61. The van der Waals surface area contributed by atoms with Gasteiger partial charge in [0.1, 0.15) is 0 Å². The fourth-order valence-corrected chi connectivity index (χ4v) is 4.55. The Morgan fingerprint density at radius 3 is 2.46 bits per heavy atom. The van der Waals surface area contributed by atoms with Gasteiger partial charge in [-0.15, -0.1) is 0 Å². The molecule has 0 bridgehead atoms. The summed E-state index contributed by atoms with van der Waals surface area (Å²) in [4.78, 5) is 27.8. The van der Waals surface area contributed by atoms with Crippen LogP contribution in [0.2, 0.25) is 0 Å². The van der Waals surface area contributed by atoms with Gasteiger partial charge in [-0.1, -0.05) is 42.5 Å². The summed E-state index contributed by atoms with van der Waals surface area (Å²) in [5.74, 6) is 0. The molecule has 0 aliphatic rings. The van der Waals surface area contributed by atoms with Crippen molar-refractivity contribution in [2.45, 2.75) is 17.9 Å². The monoisotopic (exact) mass is 395 g/mol. The summed E-state index contributed by atoms with van der Waals surface area (Å²) in [7, 11) is -3.89. The summed E-state index contributed by atoms with van der Waals surface area (Å²) in [6, 6.07) is 17.0. The van der Waals surface area contributed by atoms with Crippen molar-refractivity contribution in [3.8, 4) is 0 Å². The zero-order chi connectivity index (χ0) is 19.9. The van der Waals surface area contributed by atoms with E-state index >= 15 is 0 Å². The van der Waals surface area contributed by atoms with E-state index in [9.17, 15) is 18.0 Å². The molecule has 3 aromatic carbocycles. The third kappa shape index (κ3) is 3.23. The number of aromatic nitrogens is 2. The first kappa shape index (κ1) is 18.1. The van der Waals surface area contributed by atoms with Crippen LogP contribution in [-0.4, -0.2) is 18.4 Å². The Kier molecular flexibility index (Phi) is 4.37. The molecule has 0 radical (unpaired) electrons. The van der Waals surface area contributed by atoms with Crippen LogP contribution < -0.4 is 16.0 Å². The fourth-order valence-electron chi connectivity index (χ4n) is 3.30. The highest BCUT2D eigenvalue weighted by molar-refractivity contribution is 7.89. The van der Waals surface area contributed by atoms with Gasteiger partial charge in [0, 0.05) is 6.04 Å². The molecule has 8 heteroatoms. The summed E-state index contributed by atoms with van der Waals surface area (Å²) in [6.45, 7) is 1.77. The van der Waals surface area contributed by atoms with E-state index in [1.165, 1.54) is 18.2 Å². The third-order valence-corrected chi connectivity index (χ3v) is 6.18. The number of fused-ring (bicyclic) bond motifs is 2. The second-order valence-electron chi connectivity index (χ2n) is 6.53. The maximum absolute atomic E-state index is 12.9. The Morgan fingerprint density at radius 1 is 0.893 bits per heavy atom. The highest BCUT2D eigenvalue weighted by Gasteiger charge is 2.20. The lowest BCUT2D eigenvalue weighted by atomic mass is 10.0. The van der Waals surface area contributed by atoms with E-state index in [4.69, 9.17) is 0 Å². The van der Waals surface area contributed by atoms with Crippen molar-refractivity contribution in [3.63, 3.8) is 0 Å². The Balaban J connectivity index is 1.73. The van der Waals surface area contributed by atoms with Crippen molar-refractivity contribution in [2.24, 2.45) is 0 Å². The van der Waals surface area contributed by atoms with Crippen LogP contribution in [0.4, 0.5) is 0 Å². The lowest BCUT2D eigenvalue weighted by Crippen LogP contribution is -2.27. The maximum Gasteiger partial charge on any atom is 0.326 e. The fraction of sp³-hybridized carbons (Fsp3) is 0.100. The number of aromatic amines is 2. The zero-order valence-corrected chi connectivity index (χ0v) is 15.7. The molecule has 0 amide bonds. The van der Waals surface area contributed by atoms with Gasteiger partial charge >= 0.3 is 5.69 Å². The molecule has 3 N–H and O–H groups in total. The van der Waals surface area contributed by atoms with E-state index in [1.54, 1.807) is 6.92 Å². The molecule has 28 heavy (non-hydrogen) atoms. The maximum atomic E-state index is 12.9. The lowest BCUT2D eigenvalue weighted by Gasteiger charge is -2.17. The first-order chi connectivity index (χ1) is 13.3. The van der Waals surface area contributed by atoms with E-state index in [-0.39, 0.29) is 15.8 Å². The van der Waals surface area contributed by atoms with Crippen LogP contribution in [0.3, 0.4) is 0 Å². The van der Waals surface area contributed by atoms with Crippen molar-refractivity contribution in [2.75, 3.05) is 0 Å². The van der Waals surface area contributed by atoms with Crippen LogP contribution >= 0.6 is 0 Å². The average molecular weight is 395 g/mol. The first-order valence-corrected chi connectivity index (χ1v) is 10.1. The number of hydrogen-bond donors (Lipinski definition) is 3. The van der Waals surface area contributed by atoms with Crippen molar-refractivity contribution >= 4 is 31.7 Å². The number of sulfonamides is 1. The van der Waals surface area contributed by atoms with Gasteiger partial charge in [0.2, 0.25) is 10.0 Å². The van der Waals surface area contributed by atoms with E-state index in [2.05, 4.69) is 14.7 Å². The molecule has 0 saturated heterocycles. The molecule has 1 aromatic heterocycles. The van der Waals surface area contributed by atoms with Crippen LogP contribution in [-0.2, 0) is 10.0 Å². The van der Waals surface area contributed by atoms with Crippen LogP contribution in [0, 0.1) is 0 Å². The number of nitrogens with one attached hydrogen (secondary N) is 3. The molecule has 0 aliphatic heterocycles. The minimum absolute atomic E-state index is 0.0513. The summed E-state index contributed by atoms with van der Waals surface area (Å²) < 4.78 is 28.4. The smallest absolute Gasteiger partial charge is 0.307 e. The van der Waals surface area contributed by atoms with Gasteiger partial charge in [0.05, 0.1) is 15.8 Å². The minimum Gasteiger partial charge on any atom is -0.307 e. The molecule has 142 valence electrons. The molecular formula is C20H17N3O4S. The quantitative estimate of drug-likeness (QED) is 0.493.